The van der Waals surface area contributed by atoms with Crippen molar-refractivity contribution in [3.63, 3.8) is 0 Å². The molecule has 0 aromatic rings. The van der Waals surface area contributed by atoms with Crippen molar-refractivity contribution in [2.75, 3.05) is 7.05 Å². The van der Waals surface area contributed by atoms with Gasteiger partial charge < -0.3 is 4.90 Å². The van der Waals surface area contributed by atoms with Crippen LogP contribution in [0, 0.1) is 52.3 Å². The van der Waals surface area contributed by atoms with Crippen LogP contribution in [0.2, 0.25) is 0 Å². The molecule has 1 aliphatic heterocycles. The number of likely N-dealkylation sites (tertiary alicyclic amines) is 1. The van der Waals surface area contributed by atoms with Crippen molar-refractivity contribution in [3.05, 3.63) is 11.8 Å². The number of fused-ring (bicyclic) bond motifs is 5. The van der Waals surface area contributed by atoms with Gasteiger partial charge in [0.15, 0.2) is 0 Å². The van der Waals surface area contributed by atoms with Gasteiger partial charge in [-0.3, -0.25) is 4.79 Å². The summed E-state index contributed by atoms with van der Waals surface area (Å²) in [4.78, 5) is 14.4. The molecule has 0 bridgehead atoms. The molecule has 1 saturated heterocycles. The van der Waals surface area contributed by atoms with E-state index in [1.165, 1.54) is 50.6 Å². The summed E-state index contributed by atoms with van der Waals surface area (Å²) in [6.07, 6.45) is 14.2. The Bertz CT molecular complexity index is 695. The van der Waals surface area contributed by atoms with Gasteiger partial charge in [0.05, 0.1) is 0 Å². The molecule has 4 aliphatic rings. The van der Waals surface area contributed by atoms with Gasteiger partial charge in [-0.2, -0.15) is 0 Å². The molecule has 3 aliphatic carbocycles. The summed E-state index contributed by atoms with van der Waals surface area (Å²) in [7, 11) is 2.02. The number of allylic oxidation sites excluding steroid dienone is 2. The van der Waals surface area contributed by atoms with Crippen molar-refractivity contribution >= 4 is 5.91 Å². The van der Waals surface area contributed by atoms with Crippen LogP contribution >= 0.6 is 0 Å². The quantitative estimate of drug-likeness (QED) is 0.463. The lowest BCUT2D eigenvalue weighted by Crippen LogP contribution is -2.55. The van der Waals surface area contributed by atoms with Crippen LogP contribution in [0.3, 0.4) is 0 Å². The molecule has 8 atom stereocenters. The Kier molecular flexibility index (Phi) is 5.95. The highest BCUT2D eigenvalue weighted by Crippen LogP contribution is 2.68. The highest BCUT2D eigenvalue weighted by molar-refractivity contribution is 5.79. The fourth-order valence-electron chi connectivity index (χ4n) is 8.91. The molecule has 1 heterocycles. The average molecular weight is 414 g/mol. The molecular weight excluding hydrogens is 366 g/mol. The van der Waals surface area contributed by atoms with Crippen molar-refractivity contribution in [2.24, 2.45) is 52.3 Å². The minimum absolute atomic E-state index is 0.210. The van der Waals surface area contributed by atoms with E-state index in [1.54, 1.807) is 0 Å². The van der Waals surface area contributed by atoms with Gasteiger partial charge >= 0.3 is 0 Å². The number of hydrogen-bond acceptors (Lipinski definition) is 1. The number of carbonyl (C=O) groups excluding carboxylic acids is 1. The first-order valence-corrected chi connectivity index (χ1v) is 13.1. The van der Waals surface area contributed by atoms with Gasteiger partial charge in [0.1, 0.15) is 0 Å². The molecule has 0 aromatic heterocycles. The Balaban J connectivity index is 1.57. The fraction of sp³-hybridized carbons (Fsp3) is 0.893. The van der Waals surface area contributed by atoms with E-state index in [4.69, 9.17) is 0 Å². The predicted octanol–water partition coefficient (Wildman–Crippen LogP) is 7.30. The van der Waals surface area contributed by atoms with Gasteiger partial charge in [0, 0.05) is 24.6 Å². The minimum Gasteiger partial charge on any atom is -0.319 e. The van der Waals surface area contributed by atoms with Crippen LogP contribution in [-0.4, -0.2) is 17.9 Å². The van der Waals surface area contributed by atoms with E-state index in [0.717, 1.165) is 48.3 Å². The summed E-state index contributed by atoms with van der Waals surface area (Å²) in [5.41, 5.74) is 2.10. The zero-order valence-corrected chi connectivity index (χ0v) is 20.8. The largest absolute Gasteiger partial charge is 0.319 e. The maximum atomic E-state index is 12.4. The SMILES string of the molecule is CC(C)CCC[C@@H](C)[C@H]1CC[C@H]2[C@@H]3[C@@H](C)C=C4N(C)C(=O)CC[C@]4(C)[C@H]3CC[C@]12C. The highest BCUT2D eigenvalue weighted by Gasteiger charge is 2.61. The van der Waals surface area contributed by atoms with Crippen LogP contribution in [-0.2, 0) is 4.79 Å². The van der Waals surface area contributed by atoms with E-state index in [-0.39, 0.29) is 5.41 Å². The number of piperidine rings is 1. The molecule has 0 aromatic carbocycles. The van der Waals surface area contributed by atoms with E-state index in [0.29, 0.717) is 17.2 Å². The van der Waals surface area contributed by atoms with Gasteiger partial charge in [0.2, 0.25) is 5.91 Å². The van der Waals surface area contributed by atoms with Crippen molar-refractivity contribution in [1.29, 1.82) is 0 Å². The van der Waals surface area contributed by atoms with Crippen LogP contribution in [0.15, 0.2) is 11.8 Å². The summed E-state index contributed by atoms with van der Waals surface area (Å²) in [6.45, 7) is 14.9. The third kappa shape index (κ3) is 3.39. The third-order valence-electron chi connectivity index (χ3n) is 10.6. The van der Waals surface area contributed by atoms with Crippen LogP contribution in [0.5, 0.6) is 0 Å². The second-order valence-corrected chi connectivity index (χ2v) is 12.6. The Labute approximate surface area is 186 Å². The first-order valence-electron chi connectivity index (χ1n) is 13.1. The van der Waals surface area contributed by atoms with E-state index in [1.807, 2.05) is 11.9 Å². The van der Waals surface area contributed by atoms with Crippen LogP contribution in [0.1, 0.15) is 99.3 Å². The molecule has 2 saturated carbocycles. The molecule has 170 valence electrons. The summed E-state index contributed by atoms with van der Waals surface area (Å²) in [5, 5.41) is 0. The van der Waals surface area contributed by atoms with Gasteiger partial charge in [-0.05, 0) is 78.9 Å². The standard InChI is InChI=1S/C28H47NO/c1-18(2)9-8-10-19(3)21-11-12-22-26-20(4)17-24-28(6,16-14-25(30)29(24)7)23(26)13-15-27(21,22)5/h17-23,26H,8-16H2,1-7H3/t19-,20+,21-,22+,23+,26+,27-,28-/m1/s1. The van der Waals surface area contributed by atoms with Crippen molar-refractivity contribution in [2.45, 2.75) is 99.3 Å². The number of amides is 1. The number of carbonyl (C=O) groups is 1. The van der Waals surface area contributed by atoms with Crippen LogP contribution in [0.25, 0.3) is 0 Å². The molecule has 4 rings (SSSR count). The van der Waals surface area contributed by atoms with Crippen molar-refractivity contribution in [3.8, 4) is 0 Å². The Morgan fingerprint density at radius 1 is 1.07 bits per heavy atom. The van der Waals surface area contributed by atoms with Gasteiger partial charge in [-0.15, -0.1) is 0 Å². The molecule has 1 amide bonds. The Morgan fingerprint density at radius 3 is 2.50 bits per heavy atom. The first-order chi connectivity index (χ1) is 14.1. The molecule has 0 radical (unpaired) electrons. The van der Waals surface area contributed by atoms with Crippen molar-refractivity contribution in [1.82, 2.24) is 4.90 Å². The molecule has 30 heavy (non-hydrogen) atoms. The molecule has 2 nitrogen and oxygen atoms in total. The average Bonchev–Trinajstić information content (AvgIpc) is 3.03. The van der Waals surface area contributed by atoms with Crippen molar-refractivity contribution < 1.29 is 4.79 Å². The van der Waals surface area contributed by atoms with Crippen LogP contribution < -0.4 is 0 Å². The molecule has 0 unspecified atom stereocenters. The first kappa shape index (κ1) is 22.4. The maximum Gasteiger partial charge on any atom is 0.226 e. The minimum atomic E-state index is 0.210. The van der Waals surface area contributed by atoms with Gasteiger partial charge in [0.25, 0.3) is 0 Å². The van der Waals surface area contributed by atoms with E-state index in [2.05, 4.69) is 47.6 Å². The van der Waals surface area contributed by atoms with E-state index >= 15 is 0 Å². The molecule has 0 spiro atoms. The number of rotatable bonds is 5. The second-order valence-electron chi connectivity index (χ2n) is 12.6. The number of hydrogen-bond donors (Lipinski definition) is 0. The van der Waals surface area contributed by atoms with Crippen LogP contribution in [0.4, 0.5) is 0 Å². The third-order valence-corrected chi connectivity index (χ3v) is 10.6. The van der Waals surface area contributed by atoms with Gasteiger partial charge in [-0.25, -0.2) is 0 Å². The Morgan fingerprint density at radius 2 is 1.80 bits per heavy atom. The monoisotopic (exact) mass is 413 g/mol. The fourth-order valence-corrected chi connectivity index (χ4v) is 8.91. The van der Waals surface area contributed by atoms with E-state index < -0.39 is 0 Å². The predicted molar refractivity (Wildman–Crippen MR) is 126 cm³/mol. The van der Waals surface area contributed by atoms with Gasteiger partial charge in [-0.1, -0.05) is 66.9 Å². The smallest absolute Gasteiger partial charge is 0.226 e. The molecule has 2 heteroatoms. The second kappa shape index (κ2) is 7.96. The zero-order valence-electron chi connectivity index (χ0n) is 20.8. The summed E-state index contributed by atoms with van der Waals surface area (Å²) in [5.74, 6) is 5.99. The zero-order chi connectivity index (χ0) is 21.8. The maximum absolute atomic E-state index is 12.4. The summed E-state index contributed by atoms with van der Waals surface area (Å²) < 4.78 is 0. The lowest BCUT2D eigenvalue weighted by Gasteiger charge is -2.60. The Hall–Kier alpha value is -0.790. The topological polar surface area (TPSA) is 20.3 Å². The van der Waals surface area contributed by atoms with E-state index in [9.17, 15) is 4.79 Å². The lowest BCUT2D eigenvalue weighted by atomic mass is 9.46. The summed E-state index contributed by atoms with van der Waals surface area (Å²) >= 11 is 0. The number of nitrogens with zero attached hydrogens (tertiary/aromatic N) is 1. The lowest BCUT2D eigenvalue weighted by molar-refractivity contribution is -0.137. The molecular formula is C28H47NO. The molecule has 3 fully saturated rings. The molecule has 0 N–H and O–H groups in total. The highest BCUT2D eigenvalue weighted by atomic mass is 16.2. The summed E-state index contributed by atoms with van der Waals surface area (Å²) in [6, 6.07) is 0. The normalized spacial score (nSPS) is 44.4.